The fourth-order valence-electron chi connectivity index (χ4n) is 2.59. The summed E-state index contributed by atoms with van der Waals surface area (Å²) in [5, 5.41) is 14.8. The van der Waals surface area contributed by atoms with Crippen molar-refractivity contribution in [3.05, 3.63) is 79.0 Å². The first-order valence-corrected chi connectivity index (χ1v) is 10.3. The van der Waals surface area contributed by atoms with E-state index in [9.17, 15) is 4.79 Å². The van der Waals surface area contributed by atoms with Crippen LogP contribution in [0.2, 0.25) is 15.1 Å². The van der Waals surface area contributed by atoms with Gasteiger partial charge in [0.1, 0.15) is 5.69 Å². The summed E-state index contributed by atoms with van der Waals surface area (Å²) in [6, 6.07) is 12.3. The van der Waals surface area contributed by atoms with Gasteiger partial charge in [0, 0.05) is 16.0 Å². The van der Waals surface area contributed by atoms with Crippen molar-refractivity contribution in [3.63, 3.8) is 0 Å². The molecule has 4 aromatic rings. The molecule has 0 unspecified atom stereocenters. The lowest BCUT2D eigenvalue weighted by atomic mass is 10.2. The van der Waals surface area contributed by atoms with E-state index in [0.717, 1.165) is 11.3 Å². The van der Waals surface area contributed by atoms with Crippen molar-refractivity contribution in [2.45, 2.75) is 6.92 Å². The smallest absolute Gasteiger partial charge is 0.291 e. The molecule has 2 aromatic heterocycles. The number of hydrogen-bond donors (Lipinski definition) is 1. The van der Waals surface area contributed by atoms with Gasteiger partial charge < -0.3 is 0 Å². The van der Waals surface area contributed by atoms with Crippen molar-refractivity contribution in [2.24, 2.45) is 10.2 Å². The molecule has 0 saturated carbocycles. The zero-order valence-electron chi connectivity index (χ0n) is 14.9. The summed E-state index contributed by atoms with van der Waals surface area (Å²) in [6.07, 6.45) is 0. The highest BCUT2D eigenvalue weighted by Gasteiger charge is 2.16. The molecule has 146 valence electrons. The zero-order valence-corrected chi connectivity index (χ0v) is 17.9. The second-order valence-corrected chi connectivity index (χ2v) is 8.11. The lowest BCUT2D eigenvalue weighted by Gasteiger charge is -1.98. The predicted molar refractivity (Wildman–Crippen MR) is 118 cm³/mol. The van der Waals surface area contributed by atoms with Crippen LogP contribution in [0.3, 0.4) is 0 Å². The molecular weight excluding hydrogens is 453 g/mol. The summed E-state index contributed by atoms with van der Waals surface area (Å²) < 4.78 is 1.34. The van der Waals surface area contributed by atoms with Crippen molar-refractivity contribution in [3.8, 4) is 16.4 Å². The summed E-state index contributed by atoms with van der Waals surface area (Å²) >= 11 is 19.5. The maximum atomic E-state index is 12.8. The first-order chi connectivity index (χ1) is 13.9. The Hall–Kier alpha value is -2.45. The van der Waals surface area contributed by atoms with Crippen LogP contribution in [-0.2, 0) is 0 Å². The van der Waals surface area contributed by atoms with E-state index in [-0.39, 0.29) is 11.2 Å². The first kappa shape index (κ1) is 19.8. The van der Waals surface area contributed by atoms with Crippen molar-refractivity contribution >= 4 is 57.5 Å². The van der Waals surface area contributed by atoms with Gasteiger partial charge in [0.05, 0.1) is 21.4 Å². The molecule has 6 nitrogen and oxygen atoms in total. The third-order valence-electron chi connectivity index (χ3n) is 4.05. The van der Waals surface area contributed by atoms with E-state index >= 15 is 0 Å². The maximum Gasteiger partial charge on any atom is 0.301 e. The number of aryl methyl sites for hydroxylation is 1. The highest BCUT2D eigenvalue weighted by Crippen LogP contribution is 2.34. The number of benzene rings is 2. The fourth-order valence-corrected chi connectivity index (χ4v) is 3.98. The Balaban J connectivity index is 1.69. The number of nitrogens with zero attached hydrogens (tertiary/aromatic N) is 4. The lowest BCUT2D eigenvalue weighted by Crippen LogP contribution is -2.13. The average Bonchev–Trinajstić information content (AvgIpc) is 3.28. The number of nitrogens with one attached hydrogen (secondary N) is 1. The van der Waals surface area contributed by atoms with E-state index in [2.05, 4.69) is 20.3 Å². The van der Waals surface area contributed by atoms with E-state index in [0.29, 0.717) is 31.6 Å². The summed E-state index contributed by atoms with van der Waals surface area (Å²) in [7, 11) is 0. The Morgan fingerprint density at radius 2 is 1.66 bits per heavy atom. The normalized spacial score (nSPS) is 11.4. The Kier molecular flexibility index (Phi) is 5.56. The van der Waals surface area contributed by atoms with Gasteiger partial charge in [-0.2, -0.15) is 4.68 Å². The molecule has 0 radical (unpaired) electrons. The molecule has 29 heavy (non-hydrogen) atoms. The molecule has 0 aliphatic rings. The fraction of sp³-hybridized carbons (Fsp3) is 0.0526. The molecule has 0 aliphatic heterocycles. The topological polar surface area (TPSA) is 75.4 Å². The Morgan fingerprint density at radius 1 is 1.00 bits per heavy atom. The van der Waals surface area contributed by atoms with Crippen LogP contribution in [0.5, 0.6) is 0 Å². The minimum Gasteiger partial charge on any atom is -0.291 e. The first-order valence-electron chi connectivity index (χ1n) is 8.33. The van der Waals surface area contributed by atoms with Gasteiger partial charge in [-0.15, -0.1) is 21.6 Å². The second-order valence-electron chi connectivity index (χ2n) is 6.02. The van der Waals surface area contributed by atoms with E-state index in [1.54, 1.807) is 37.3 Å². The summed E-state index contributed by atoms with van der Waals surface area (Å²) in [4.78, 5) is 17.4. The Bertz CT molecular complexity index is 1250. The van der Waals surface area contributed by atoms with Gasteiger partial charge in [-0.1, -0.05) is 53.0 Å². The third-order valence-corrected chi connectivity index (χ3v) is 5.74. The minimum absolute atomic E-state index is 0.157. The number of thiazole rings is 1. The molecule has 0 fully saturated rings. The lowest BCUT2D eigenvalue weighted by molar-refractivity contribution is 0.827. The summed E-state index contributed by atoms with van der Waals surface area (Å²) in [5.41, 5.74) is 2.29. The van der Waals surface area contributed by atoms with E-state index in [1.807, 2.05) is 17.5 Å². The van der Waals surface area contributed by atoms with Crippen LogP contribution in [-0.4, -0.2) is 14.8 Å². The largest absolute Gasteiger partial charge is 0.301 e. The minimum atomic E-state index is -0.369. The van der Waals surface area contributed by atoms with Crippen LogP contribution in [0.1, 0.15) is 5.69 Å². The molecule has 2 heterocycles. The van der Waals surface area contributed by atoms with Gasteiger partial charge in [-0.3, -0.25) is 9.89 Å². The van der Waals surface area contributed by atoms with Gasteiger partial charge in [0.15, 0.2) is 5.69 Å². The summed E-state index contributed by atoms with van der Waals surface area (Å²) in [5.74, 6) is 0. The Morgan fingerprint density at radius 3 is 2.34 bits per heavy atom. The number of halogens is 3. The van der Waals surface area contributed by atoms with E-state index < -0.39 is 0 Å². The molecule has 4 rings (SSSR count). The molecule has 0 spiro atoms. The standard InChI is InChI=1S/C19H12Cl3N5OS/c1-10-16(24-25-17-13(21)3-2-4-14(17)22)18(28)27(26-10)19-23-15(9-29-19)11-5-7-12(20)8-6-11/h2-9,26H,1H3. The molecule has 0 amide bonds. The number of aromatic nitrogens is 3. The van der Waals surface area contributed by atoms with Gasteiger partial charge in [-0.05, 0) is 31.2 Å². The Labute approximate surface area is 184 Å². The van der Waals surface area contributed by atoms with Crippen LogP contribution in [0.4, 0.5) is 11.4 Å². The van der Waals surface area contributed by atoms with Gasteiger partial charge in [0.2, 0.25) is 5.13 Å². The van der Waals surface area contributed by atoms with Crippen LogP contribution < -0.4 is 5.56 Å². The van der Waals surface area contributed by atoms with Crippen molar-refractivity contribution in [2.75, 3.05) is 0 Å². The SMILES string of the molecule is Cc1[nH]n(-c2nc(-c3ccc(Cl)cc3)cs2)c(=O)c1N=Nc1c(Cl)cccc1Cl. The maximum absolute atomic E-state index is 12.8. The van der Waals surface area contributed by atoms with Crippen LogP contribution in [0.25, 0.3) is 16.4 Å². The monoisotopic (exact) mass is 463 g/mol. The number of H-pyrrole nitrogens is 1. The predicted octanol–water partition coefficient (Wildman–Crippen LogP) is 6.97. The molecule has 2 aromatic carbocycles. The molecular formula is C19H12Cl3N5OS. The van der Waals surface area contributed by atoms with Gasteiger partial charge >= 0.3 is 5.56 Å². The third kappa shape index (κ3) is 4.00. The van der Waals surface area contributed by atoms with Crippen molar-refractivity contribution in [1.82, 2.24) is 14.8 Å². The summed E-state index contributed by atoms with van der Waals surface area (Å²) in [6.45, 7) is 1.73. The molecule has 0 bridgehead atoms. The average molecular weight is 465 g/mol. The van der Waals surface area contributed by atoms with Crippen molar-refractivity contribution in [1.29, 1.82) is 0 Å². The highest BCUT2D eigenvalue weighted by atomic mass is 35.5. The highest BCUT2D eigenvalue weighted by molar-refractivity contribution is 7.12. The van der Waals surface area contributed by atoms with Crippen LogP contribution >= 0.6 is 46.1 Å². The number of aromatic amines is 1. The van der Waals surface area contributed by atoms with Crippen LogP contribution in [0.15, 0.2) is 62.9 Å². The number of rotatable bonds is 4. The second kappa shape index (κ2) is 8.12. The van der Waals surface area contributed by atoms with Gasteiger partial charge in [0.25, 0.3) is 0 Å². The molecule has 10 heteroatoms. The zero-order chi connectivity index (χ0) is 20.5. The van der Waals surface area contributed by atoms with Crippen molar-refractivity contribution < 1.29 is 0 Å². The quantitative estimate of drug-likeness (QED) is 0.331. The number of hydrogen-bond acceptors (Lipinski definition) is 5. The molecule has 0 aliphatic carbocycles. The molecule has 1 N–H and O–H groups in total. The van der Waals surface area contributed by atoms with E-state index in [4.69, 9.17) is 34.8 Å². The molecule has 0 atom stereocenters. The molecule has 0 saturated heterocycles. The number of azo groups is 1. The van der Waals surface area contributed by atoms with E-state index in [1.165, 1.54) is 16.0 Å². The van der Waals surface area contributed by atoms with Gasteiger partial charge in [-0.25, -0.2) is 4.98 Å². The van der Waals surface area contributed by atoms with Crippen LogP contribution in [0, 0.1) is 6.92 Å².